The van der Waals surface area contributed by atoms with E-state index in [1.54, 1.807) is 31.7 Å². The number of halogens is 4. The molecule has 0 saturated carbocycles. The van der Waals surface area contributed by atoms with Crippen LogP contribution >= 0.6 is 11.6 Å². The summed E-state index contributed by atoms with van der Waals surface area (Å²) in [5.41, 5.74) is 0.216. The number of carbonyl (C=O) groups excluding carboxylic acids is 2. The molecule has 2 amide bonds. The first-order valence-corrected chi connectivity index (χ1v) is 11.8. The van der Waals surface area contributed by atoms with E-state index in [1.807, 2.05) is 6.07 Å². The van der Waals surface area contributed by atoms with E-state index in [2.05, 4.69) is 5.10 Å². The minimum atomic E-state index is -4.74. The molecule has 1 aromatic carbocycles. The lowest BCUT2D eigenvalue weighted by atomic mass is 9.90. The summed E-state index contributed by atoms with van der Waals surface area (Å²) in [6.45, 7) is 6.29. The number of aromatic nitrogens is 2. The van der Waals surface area contributed by atoms with Crippen LogP contribution in [0.25, 0.3) is 0 Å². The number of hydrogen-bond acceptors (Lipinski definition) is 4. The third kappa shape index (κ3) is 5.27. The number of likely N-dealkylation sites (tertiary alicyclic amines) is 1. The van der Waals surface area contributed by atoms with Crippen LogP contribution in [0, 0.1) is 0 Å². The average Bonchev–Trinajstić information content (AvgIpc) is 3.38. The van der Waals surface area contributed by atoms with E-state index >= 15 is 0 Å². The van der Waals surface area contributed by atoms with Crippen LogP contribution in [-0.2, 0) is 30.9 Å². The maximum atomic E-state index is 13.5. The van der Waals surface area contributed by atoms with Crippen molar-refractivity contribution in [2.75, 3.05) is 13.1 Å². The van der Waals surface area contributed by atoms with Gasteiger partial charge in [-0.3, -0.25) is 9.48 Å². The lowest BCUT2D eigenvalue weighted by Gasteiger charge is -2.34. The number of amides is 2. The summed E-state index contributed by atoms with van der Waals surface area (Å²) in [5.74, 6) is -0.729. The number of fused-ring (bicyclic) bond motifs is 1. The van der Waals surface area contributed by atoms with Crippen LogP contribution in [0.5, 0.6) is 0 Å². The molecule has 1 fully saturated rings. The molecule has 2 aliphatic rings. The monoisotopic (exact) mass is 512 g/mol. The molecular weight excluding hydrogens is 485 g/mol. The normalized spacial score (nSPS) is 18.6. The van der Waals surface area contributed by atoms with Gasteiger partial charge < -0.3 is 14.5 Å². The Bertz CT molecular complexity index is 1160. The molecule has 35 heavy (non-hydrogen) atoms. The first kappa shape index (κ1) is 25.3. The molecule has 0 N–H and O–H groups in total. The van der Waals surface area contributed by atoms with Gasteiger partial charge in [0.1, 0.15) is 5.60 Å². The molecular formula is C24H28ClF3N4O3. The van der Waals surface area contributed by atoms with E-state index in [0.717, 1.165) is 34.0 Å². The lowest BCUT2D eigenvalue weighted by molar-refractivity contribution is -0.141. The molecule has 0 bridgehead atoms. The number of nitrogens with zero attached hydrogens (tertiary/aromatic N) is 4. The summed E-state index contributed by atoms with van der Waals surface area (Å²) in [5, 5.41) is 3.98. The molecule has 3 heterocycles. The number of aryl methyl sites for hydroxylation is 1. The molecule has 11 heteroatoms. The van der Waals surface area contributed by atoms with Crippen molar-refractivity contribution in [1.29, 1.82) is 0 Å². The van der Waals surface area contributed by atoms with Crippen molar-refractivity contribution in [2.24, 2.45) is 7.05 Å². The van der Waals surface area contributed by atoms with E-state index in [0.29, 0.717) is 24.4 Å². The van der Waals surface area contributed by atoms with Crippen LogP contribution in [0.15, 0.2) is 18.3 Å². The number of carbonyl (C=O) groups is 2. The third-order valence-electron chi connectivity index (χ3n) is 6.20. The zero-order valence-corrected chi connectivity index (χ0v) is 20.8. The molecule has 7 nitrogen and oxygen atoms in total. The van der Waals surface area contributed by atoms with Crippen LogP contribution < -0.4 is 0 Å². The number of ether oxygens (including phenoxy) is 1. The van der Waals surface area contributed by atoms with Gasteiger partial charge >= 0.3 is 12.3 Å². The fourth-order valence-corrected chi connectivity index (χ4v) is 5.03. The quantitative estimate of drug-likeness (QED) is 0.543. The minimum Gasteiger partial charge on any atom is -0.444 e. The molecule has 2 aromatic rings. The molecule has 2 aliphatic heterocycles. The summed E-state index contributed by atoms with van der Waals surface area (Å²) in [7, 11) is 1.35. The van der Waals surface area contributed by atoms with Gasteiger partial charge in [0.05, 0.1) is 11.6 Å². The summed E-state index contributed by atoms with van der Waals surface area (Å²) in [4.78, 5) is 29.1. The standard InChI is InChI=1S/C24H28ClF3N4O3/c1-23(2,3)35-22(34)32-8-5-6-19(32)16-11-15(25)10-14-7-9-31(13-17(14)16)21(33)18-12-30(4)29-20(18)24(26,27)28/h10-12,19H,5-9,13H2,1-4H3. The number of alkyl halides is 3. The van der Waals surface area contributed by atoms with E-state index in [4.69, 9.17) is 16.3 Å². The van der Waals surface area contributed by atoms with Crippen molar-refractivity contribution in [3.63, 3.8) is 0 Å². The highest BCUT2D eigenvalue weighted by Crippen LogP contribution is 2.40. The number of benzene rings is 1. The van der Waals surface area contributed by atoms with Crippen LogP contribution in [0.1, 0.15) is 72.4 Å². The van der Waals surface area contributed by atoms with Crippen LogP contribution in [0.4, 0.5) is 18.0 Å². The van der Waals surface area contributed by atoms with Crippen LogP contribution in [0.2, 0.25) is 5.02 Å². The first-order valence-electron chi connectivity index (χ1n) is 11.5. The Morgan fingerprint density at radius 3 is 2.54 bits per heavy atom. The van der Waals surface area contributed by atoms with E-state index in [9.17, 15) is 22.8 Å². The third-order valence-corrected chi connectivity index (χ3v) is 6.41. The topological polar surface area (TPSA) is 67.7 Å². The van der Waals surface area contributed by atoms with E-state index in [-0.39, 0.29) is 19.1 Å². The second-order valence-electron chi connectivity index (χ2n) is 10.0. The number of rotatable bonds is 2. The van der Waals surface area contributed by atoms with Crippen molar-refractivity contribution in [2.45, 2.75) is 64.4 Å². The highest BCUT2D eigenvalue weighted by atomic mass is 35.5. The largest absolute Gasteiger partial charge is 0.444 e. The summed E-state index contributed by atoms with van der Waals surface area (Å²) in [6, 6.07) is 3.31. The van der Waals surface area contributed by atoms with Crippen LogP contribution in [0.3, 0.4) is 0 Å². The smallest absolute Gasteiger partial charge is 0.435 e. The summed E-state index contributed by atoms with van der Waals surface area (Å²) >= 11 is 6.41. The highest BCUT2D eigenvalue weighted by Gasteiger charge is 2.41. The molecule has 4 rings (SSSR count). The van der Waals surface area contributed by atoms with Crippen molar-refractivity contribution in [3.8, 4) is 0 Å². The average molecular weight is 513 g/mol. The van der Waals surface area contributed by atoms with Gasteiger partial charge in [0, 0.05) is 37.9 Å². The fourth-order valence-electron chi connectivity index (χ4n) is 4.78. The molecule has 1 unspecified atom stereocenters. The zero-order chi connectivity index (χ0) is 25.7. The van der Waals surface area contributed by atoms with E-state index < -0.39 is 35.0 Å². The predicted octanol–water partition coefficient (Wildman–Crippen LogP) is 5.36. The zero-order valence-electron chi connectivity index (χ0n) is 20.1. The van der Waals surface area contributed by atoms with Gasteiger partial charge in [-0.25, -0.2) is 4.79 Å². The first-order chi connectivity index (χ1) is 16.2. The predicted molar refractivity (Wildman–Crippen MR) is 123 cm³/mol. The summed E-state index contributed by atoms with van der Waals surface area (Å²) in [6.07, 6.45) is -2.15. The molecule has 0 aliphatic carbocycles. The molecule has 190 valence electrons. The Morgan fingerprint density at radius 2 is 1.89 bits per heavy atom. The van der Waals surface area contributed by atoms with Gasteiger partial charge in [0.15, 0.2) is 5.69 Å². The lowest BCUT2D eigenvalue weighted by Crippen LogP contribution is -2.39. The Balaban J connectivity index is 1.66. The Morgan fingerprint density at radius 1 is 1.17 bits per heavy atom. The van der Waals surface area contributed by atoms with Gasteiger partial charge in [-0.2, -0.15) is 18.3 Å². The van der Waals surface area contributed by atoms with Gasteiger partial charge in [-0.15, -0.1) is 0 Å². The van der Waals surface area contributed by atoms with Gasteiger partial charge in [0.25, 0.3) is 5.91 Å². The molecule has 1 saturated heterocycles. The Kier molecular flexibility index (Phi) is 6.54. The van der Waals surface area contributed by atoms with Gasteiger partial charge in [-0.05, 0) is 68.9 Å². The van der Waals surface area contributed by atoms with Gasteiger partial charge in [-0.1, -0.05) is 11.6 Å². The van der Waals surface area contributed by atoms with Gasteiger partial charge in [0.2, 0.25) is 0 Å². The second kappa shape index (κ2) is 9.04. The number of hydrogen-bond donors (Lipinski definition) is 0. The highest BCUT2D eigenvalue weighted by molar-refractivity contribution is 6.30. The molecule has 1 aromatic heterocycles. The molecule has 1 atom stereocenters. The Hall–Kier alpha value is -2.75. The molecule has 0 spiro atoms. The second-order valence-corrected chi connectivity index (χ2v) is 10.4. The van der Waals surface area contributed by atoms with Crippen LogP contribution in [-0.4, -0.2) is 50.3 Å². The van der Waals surface area contributed by atoms with Crippen molar-refractivity contribution in [1.82, 2.24) is 19.6 Å². The maximum Gasteiger partial charge on any atom is 0.435 e. The Labute approximate surface area is 206 Å². The fraction of sp³-hybridized carbons (Fsp3) is 0.542. The minimum absolute atomic E-state index is 0.117. The SMILES string of the molecule is Cn1cc(C(=O)N2CCc3cc(Cl)cc(C4CCCN4C(=O)OC(C)(C)C)c3C2)c(C(F)(F)F)n1. The van der Waals surface area contributed by atoms with Crippen molar-refractivity contribution in [3.05, 3.63) is 51.3 Å². The van der Waals surface area contributed by atoms with E-state index in [1.165, 1.54) is 11.9 Å². The van der Waals surface area contributed by atoms with Crippen molar-refractivity contribution < 1.29 is 27.5 Å². The maximum absolute atomic E-state index is 13.5. The molecule has 0 radical (unpaired) electrons. The van der Waals surface area contributed by atoms with Crippen molar-refractivity contribution >= 4 is 23.6 Å². The summed E-state index contributed by atoms with van der Waals surface area (Å²) < 4.78 is 47.0.